The van der Waals surface area contributed by atoms with Gasteiger partial charge < -0.3 is 10.6 Å². The third-order valence-corrected chi connectivity index (χ3v) is 7.22. The molecule has 3 rings (SSSR count). The normalized spacial score (nSPS) is 21.5. The topological polar surface area (TPSA) is 73.8 Å². The van der Waals surface area contributed by atoms with Crippen molar-refractivity contribution in [2.45, 2.75) is 31.6 Å². The number of halogens is 1. The minimum absolute atomic E-state index is 0.0888. The van der Waals surface area contributed by atoms with Crippen molar-refractivity contribution in [1.29, 1.82) is 0 Å². The second-order valence-corrected chi connectivity index (χ2v) is 9.51. The summed E-state index contributed by atoms with van der Waals surface area (Å²) in [5, 5.41) is 7.25. The zero-order valence-electron chi connectivity index (χ0n) is 15.2. The van der Waals surface area contributed by atoms with Crippen LogP contribution in [0.2, 0.25) is 5.02 Å². The third-order valence-electron chi connectivity index (χ3n) is 5.03. The van der Waals surface area contributed by atoms with Crippen molar-refractivity contribution < 1.29 is 8.42 Å². The van der Waals surface area contributed by atoms with Crippen LogP contribution < -0.4 is 10.6 Å². The molecule has 26 heavy (non-hydrogen) atoms. The molecule has 0 amide bonds. The number of aliphatic imine (C=N–C) groups is 1. The molecule has 2 N–H and O–H groups in total. The molecule has 1 heterocycles. The Morgan fingerprint density at radius 1 is 1.35 bits per heavy atom. The van der Waals surface area contributed by atoms with Gasteiger partial charge in [0, 0.05) is 36.6 Å². The number of nitrogens with one attached hydrogen (secondary N) is 2. The molecule has 1 aliphatic heterocycles. The molecule has 8 heteroatoms. The van der Waals surface area contributed by atoms with Gasteiger partial charge in [-0.25, -0.2) is 12.7 Å². The maximum atomic E-state index is 11.9. The van der Waals surface area contributed by atoms with E-state index in [0.29, 0.717) is 26.2 Å². The fraction of sp³-hybridized carbons (Fsp3) is 0.611. The first-order chi connectivity index (χ1) is 12.5. The highest BCUT2D eigenvalue weighted by atomic mass is 35.5. The molecule has 2 aliphatic rings. The lowest BCUT2D eigenvalue weighted by atomic mass is 9.96. The van der Waals surface area contributed by atoms with Gasteiger partial charge >= 0.3 is 0 Å². The summed E-state index contributed by atoms with van der Waals surface area (Å²) in [6.07, 6.45) is 2.95. The average Bonchev–Trinajstić information content (AvgIpc) is 3.32. The van der Waals surface area contributed by atoms with Crippen molar-refractivity contribution in [2.75, 3.05) is 38.5 Å². The molecular formula is C18H27ClN4O2S. The molecule has 0 aromatic heterocycles. The van der Waals surface area contributed by atoms with Crippen LogP contribution in [0.15, 0.2) is 29.3 Å². The van der Waals surface area contributed by atoms with Gasteiger partial charge in [0.15, 0.2) is 5.96 Å². The highest BCUT2D eigenvalue weighted by Crippen LogP contribution is 2.48. The van der Waals surface area contributed by atoms with Gasteiger partial charge in [0.05, 0.1) is 12.3 Å². The molecule has 1 saturated heterocycles. The van der Waals surface area contributed by atoms with Crippen molar-refractivity contribution in [2.24, 2.45) is 4.99 Å². The maximum Gasteiger partial charge on any atom is 0.214 e. The summed E-state index contributed by atoms with van der Waals surface area (Å²) in [5.41, 5.74) is 1.33. The zero-order chi connectivity index (χ0) is 18.6. The summed E-state index contributed by atoms with van der Waals surface area (Å²) < 4.78 is 25.3. The minimum Gasteiger partial charge on any atom is -0.357 e. The van der Waals surface area contributed by atoms with Crippen molar-refractivity contribution in [3.63, 3.8) is 0 Å². The fourth-order valence-electron chi connectivity index (χ4n) is 3.32. The molecule has 0 atom stereocenters. The largest absolute Gasteiger partial charge is 0.357 e. The Balaban J connectivity index is 1.57. The van der Waals surface area contributed by atoms with Gasteiger partial charge in [0.2, 0.25) is 10.0 Å². The lowest BCUT2D eigenvalue weighted by Crippen LogP contribution is -2.42. The van der Waals surface area contributed by atoms with Gasteiger partial charge in [0.1, 0.15) is 0 Å². The number of hydrogen-bond acceptors (Lipinski definition) is 3. The maximum absolute atomic E-state index is 11.9. The first-order valence-corrected chi connectivity index (χ1v) is 11.2. The predicted molar refractivity (Wildman–Crippen MR) is 106 cm³/mol. The van der Waals surface area contributed by atoms with Gasteiger partial charge in [0.25, 0.3) is 0 Å². The van der Waals surface area contributed by atoms with E-state index in [9.17, 15) is 8.42 Å². The molecule has 0 radical (unpaired) electrons. The van der Waals surface area contributed by atoms with Crippen LogP contribution in [0.3, 0.4) is 0 Å². The van der Waals surface area contributed by atoms with E-state index in [-0.39, 0.29) is 11.2 Å². The van der Waals surface area contributed by atoms with Crippen molar-refractivity contribution in [1.82, 2.24) is 14.9 Å². The smallest absolute Gasteiger partial charge is 0.214 e. The molecule has 0 unspecified atom stereocenters. The zero-order valence-corrected chi connectivity index (χ0v) is 16.7. The molecule has 1 aliphatic carbocycles. The Labute approximate surface area is 161 Å². The van der Waals surface area contributed by atoms with Crippen LogP contribution in [0, 0.1) is 0 Å². The molecular weight excluding hydrogens is 372 g/mol. The standard InChI is InChI=1S/C18H27ClN4O2S/c1-2-20-17(21-9-11-23-10-4-12-26(23,24)25)22-14-18(7-8-18)15-5-3-6-16(19)13-15/h3,5-6,13H,2,4,7-12,14H2,1H3,(H2,20,21,22). The Morgan fingerprint density at radius 2 is 2.15 bits per heavy atom. The summed E-state index contributed by atoms with van der Waals surface area (Å²) in [7, 11) is -3.04. The molecule has 1 aromatic rings. The first kappa shape index (κ1) is 19.5. The summed E-state index contributed by atoms with van der Waals surface area (Å²) in [4.78, 5) is 4.74. The average molecular weight is 399 g/mol. The van der Waals surface area contributed by atoms with Gasteiger partial charge in [-0.05, 0) is 43.9 Å². The van der Waals surface area contributed by atoms with E-state index in [1.165, 1.54) is 5.56 Å². The van der Waals surface area contributed by atoms with E-state index in [2.05, 4.69) is 16.7 Å². The summed E-state index contributed by atoms with van der Waals surface area (Å²) in [5.74, 6) is 1.00. The Hall–Kier alpha value is -1.31. The van der Waals surface area contributed by atoms with E-state index in [1.54, 1.807) is 4.31 Å². The molecule has 2 fully saturated rings. The van der Waals surface area contributed by atoms with Crippen LogP contribution in [0.5, 0.6) is 0 Å². The number of sulfonamides is 1. The molecule has 0 bridgehead atoms. The van der Waals surface area contributed by atoms with Crippen LogP contribution in [-0.4, -0.2) is 57.2 Å². The van der Waals surface area contributed by atoms with Crippen molar-refractivity contribution in [3.05, 3.63) is 34.9 Å². The van der Waals surface area contributed by atoms with Crippen LogP contribution in [0.4, 0.5) is 0 Å². The Morgan fingerprint density at radius 3 is 2.77 bits per heavy atom. The van der Waals surface area contributed by atoms with E-state index < -0.39 is 10.0 Å². The quantitative estimate of drug-likeness (QED) is 0.544. The summed E-state index contributed by atoms with van der Waals surface area (Å²) in [6.45, 7) is 5.13. The molecule has 1 aromatic carbocycles. The molecule has 6 nitrogen and oxygen atoms in total. The third kappa shape index (κ3) is 4.69. The Kier molecular flexibility index (Phi) is 6.10. The first-order valence-electron chi connectivity index (χ1n) is 9.21. The number of nitrogens with zero attached hydrogens (tertiary/aromatic N) is 2. The van der Waals surface area contributed by atoms with Crippen molar-refractivity contribution >= 4 is 27.6 Å². The number of hydrogen-bond donors (Lipinski definition) is 2. The van der Waals surface area contributed by atoms with Crippen LogP contribution in [0.1, 0.15) is 31.7 Å². The van der Waals surface area contributed by atoms with Gasteiger partial charge in [-0.15, -0.1) is 0 Å². The van der Waals surface area contributed by atoms with Crippen LogP contribution in [0.25, 0.3) is 0 Å². The summed E-state index contributed by atoms with van der Waals surface area (Å²) in [6, 6.07) is 8.03. The molecule has 144 valence electrons. The van der Waals surface area contributed by atoms with Crippen molar-refractivity contribution in [3.8, 4) is 0 Å². The van der Waals surface area contributed by atoms with Crippen LogP contribution >= 0.6 is 11.6 Å². The second-order valence-electron chi connectivity index (χ2n) is 6.98. The van der Waals surface area contributed by atoms with Gasteiger partial charge in [-0.2, -0.15) is 0 Å². The lowest BCUT2D eigenvalue weighted by Gasteiger charge is -2.18. The fourth-order valence-corrected chi connectivity index (χ4v) is 5.04. The Bertz CT molecular complexity index is 762. The lowest BCUT2D eigenvalue weighted by molar-refractivity contribution is 0.445. The predicted octanol–water partition coefficient (Wildman–Crippen LogP) is 1.96. The van der Waals surface area contributed by atoms with E-state index >= 15 is 0 Å². The second kappa shape index (κ2) is 8.15. The van der Waals surface area contributed by atoms with E-state index in [0.717, 1.165) is 36.8 Å². The number of rotatable bonds is 7. The van der Waals surface area contributed by atoms with Crippen LogP contribution in [-0.2, 0) is 15.4 Å². The highest BCUT2D eigenvalue weighted by molar-refractivity contribution is 7.89. The molecule has 1 saturated carbocycles. The minimum atomic E-state index is -3.04. The highest BCUT2D eigenvalue weighted by Gasteiger charge is 2.44. The molecule has 0 spiro atoms. The van der Waals surface area contributed by atoms with E-state index in [4.69, 9.17) is 16.6 Å². The van der Waals surface area contributed by atoms with Gasteiger partial charge in [-0.3, -0.25) is 4.99 Å². The number of benzene rings is 1. The number of guanidine groups is 1. The summed E-state index contributed by atoms with van der Waals surface area (Å²) >= 11 is 6.13. The van der Waals surface area contributed by atoms with E-state index in [1.807, 2.05) is 25.1 Å². The van der Waals surface area contributed by atoms with Gasteiger partial charge in [-0.1, -0.05) is 23.7 Å². The SMILES string of the molecule is CCNC(=NCC1(c2cccc(Cl)c2)CC1)NCCN1CCCS1(=O)=O. The monoisotopic (exact) mass is 398 g/mol.